The average Bonchev–Trinajstić information content (AvgIpc) is 2.42. The summed E-state index contributed by atoms with van der Waals surface area (Å²) in [6.45, 7) is 0.375. The van der Waals surface area contributed by atoms with Crippen LogP contribution in [0.3, 0.4) is 0 Å². The van der Waals surface area contributed by atoms with E-state index in [0.29, 0.717) is 12.3 Å². The van der Waals surface area contributed by atoms with Gasteiger partial charge in [-0.05, 0) is 23.8 Å². The molecule has 0 bridgehead atoms. The number of methoxy groups -OCH3 is 1. The fourth-order valence-electron chi connectivity index (χ4n) is 1.70. The Bertz CT molecular complexity index is 802. The molecule has 0 saturated heterocycles. The second kappa shape index (κ2) is 6.30. The molecule has 112 valence electrons. The maximum atomic E-state index is 12.2. The first kappa shape index (κ1) is 15.6. The molecule has 0 radical (unpaired) electrons. The zero-order chi connectivity index (χ0) is 15.5. The van der Waals surface area contributed by atoms with E-state index in [9.17, 15) is 13.2 Å². The summed E-state index contributed by atoms with van der Waals surface area (Å²) in [7, 11) is -2.27. The highest BCUT2D eigenvalue weighted by Crippen LogP contribution is 2.18. The molecule has 0 saturated carbocycles. The molecule has 1 aromatic carbocycles. The number of anilines is 1. The highest BCUT2D eigenvalue weighted by molar-refractivity contribution is 7.92. The number of hydrogen-bond acceptors (Lipinski definition) is 4. The van der Waals surface area contributed by atoms with Gasteiger partial charge in [-0.25, -0.2) is 8.42 Å². The van der Waals surface area contributed by atoms with Crippen LogP contribution in [-0.4, -0.2) is 20.5 Å². The van der Waals surface area contributed by atoms with Crippen molar-refractivity contribution in [2.75, 3.05) is 11.8 Å². The summed E-state index contributed by atoms with van der Waals surface area (Å²) in [5.74, 6) is 0. The highest BCUT2D eigenvalue weighted by Gasteiger charge is 2.16. The number of sulfonamides is 1. The lowest BCUT2D eigenvalue weighted by atomic mass is 10.2. The Morgan fingerprint density at radius 2 is 2.10 bits per heavy atom. The largest absolute Gasteiger partial charge is 0.380 e. The van der Waals surface area contributed by atoms with Crippen LogP contribution in [0.15, 0.2) is 46.2 Å². The van der Waals surface area contributed by atoms with Gasteiger partial charge in [-0.3, -0.25) is 9.52 Å². The Hall–Kier alpha value is -1.83. The normalized spacial score (nSPS) is 11.3. The number of hydrogen-bond donors (Lipinski definition) is 2. The number of aromatic nitrogens is 1. The summed E-state index contributed by atoms with van der Waals surface area (Å²) in [5, 5.41) is -0.189. The van der Waals surface area contributed by atoms with Gasteiger partial charge in [0.05, 0.1) is 6.61 Å². The Labute approximate surface area is 126 Å². The number of nitrogens with one attached hydrogen (secondary N) is 2. The molecular weight excluding hydrogens is 316 g/mol. The molecule has 0 atom stereocenters. The summed E-state index contributed by atoms with van der Waals surface area (Å²) in [6, 6.07) is 7.91. The predicted octanol–water partition coefficient (Wildman–Crippen LogP) is 1.98. The van der Waals surface area contributed by atoms with Crippen LogP contribution in [0.25, 0.3) is 0 Å². The molecule has 2 N–H and O–H groups in total. The molecular formula is C13H13ClN2O4S. The first-order valence-corrected chi connectivity index (χ1v) is 7.77. The standard InChI is InChI=1S/C13H13ClN2O4S/c1-20-8-9-3-2-4-10(5-9)16-21(18,19)11-6-12(14)13(17)15-7-11/h2-7,16H,8H2,1H3,(H,15,17). The molecule has 0 unspecified atom stereocenters. The first-order valence-electron chi connectivity index (χ1n) is 5.91. The van der Waals surface area contributed by atoms with Crippen molar-refractivity contribution in [3.05, 3.63) is 57.5 Å². The fraction of sp³-hybridized carbons (Fsp3) is 0.154. The van der Waals surface area contributed by atoms with Gasteiger partial charge in [0.25, 0.3) is 15.6 Å². The van der Waals surface area contributed by atoms with E-state index in [2.05, 4.69) is 9.71 Å². The molecule has 0 fully saturated rings. The van der Waals surface area contributed by atoms with Crippen molar-refractivity contribution in [2.24, 2.45) is 0 Å². The minimum absolute atomic E-state index is 0.121. The number of aromatic amines is 1. The maximum Gasteiger partial charge on any atom is 0.266 e. The Morgan fingerprint density at radius 3 is 2.76 bits per heavy atom. The summed E-state index contributed by atoms with van der Waals surface area (Å²) in [4.78, 5) is 13.3. The summed E-state index contributed by atoms with van der Waals surface area (Å²) in [5.41, 5.74) is 0.682. The zero-order valence-corrected chi connectivity index (χ0v) is 12.7. The van der Waals surface area contributed by atoms with Crippen molar-refractivity contribution >= 4 is 27.3 Å². The molecule has 0 amide bonds. The van der Waals surface area contributed by atoms with Crippen molar-refractivity contribution in [3.8, 4) is 0 Å². The predicted molar refractivity (Wildman–Crippen MR) is 80.0 cm³/mol. The van der Waals surface area contributed by atoms with Crippen LogP contribution in [0.5, 0.6) is 0 Å². The molecule has 1 aromatic heterocycles. The van der Waals surface area contributed by atoms with Gasteiger partial charge in [0.1, 0.15) is 9.92 Å². The van der Waals surface area contributed by atoms with Gasteiger partial charge in [-0.1, -0.05) is 23.7 Å². The highest BCUT2D eigenvalue weighted by atomic mass is 35.5. The second-order valence-electron chi connectivity index (χ2n) is 4.25. The summed E-state index contributed by atoms with van der Waals surface area (Å²) >= 11 is 5.64. The third-order valence-electron chi connectivity index (χ3n) is 2.63. The number of benzene rings is 1. The van der Waals surface area contributed by atoms with Crippen LogP contribution in [0.4, 0.5) is 5.69 Å². The molecule has 0 spiro atoms. The minimum atomic E-state index is -3.83. The number of rotatable bonds is 5. The molecule has 0 aliphatic heterocycles. The van der Waals surface area contributed by atoms with E-state index in [1.807, 2.05) is 6.07 Å². The van der Waals surface area contributed by atoms with Crippen LogP contribution in [0, 0.1) is 0 Å². The van der Waals surface area contributed by atoms with E-state index in [4.69, 9.17) is 16.3 Å². The molecule has 8 heteroatoms. The summed E-state index contributed by atoms with van der Waals surface area (Å²) < 4.78 is 31.8. The van der Waals surface area contributed by atoms with Crippen LogP contribution in [0.1, 0.15) is 5.56 Å². The van der Waals surface area contributed by atoms with Gasteiger partial charge < -0.3 is 9.72 Å². The van der Waals surface area contributed by atoms with Crippen molar-refractivity contribution < 1.29 is 13.2 Å². The van der Waals surface area contributed by atoms with Crippen molar-refractivity contribution in [1.29, 1.82) is 0 Å². The maximum absolute atomic E-state index is 12.2. The average molecular weight is 329 g/mol. The van der Waals surface area contributed by atoms with Gasteiger partial charge in [0.2, 0.25) is 0 Å². The van der Waals surface area contributed by atoms with Crippen molar-refractivity contribution in [1.82, 2.24) is 4.98 Å². The molecule has 21 heavy (non-hydrogen) atoms. The van der Waals surface area contributed by atoms with Gasteiger partial charge in [-0.15, -0.1) is 0 Å². The molecule has 0 aliphatic rings. The molecule has 0 aliphatic carbocycles. The molecule has 2 rings (SSSR count). The summed E-state index contributed by atoms with van der Waals surface area (Å²) in [6.07, 6.45) is 1.09. The van der Waals surface area contributed by atoms with E-state index >= 15 is 0 Å². The molecule has 1 heterocycles. The third kappa shape index (κ3) is 3.84. The monoisotopic (exact) mass is 328 g/mol. The quantitative estimate of drug-likeness (QED) is 0.878. The first-order chi connectivity index (χ1) is 9.92. The topological polar surface area (TPSA) is 88.3 Å². The Kier molecular flexibility index (Phi) is 4.66. The van der Waals surface area contributed by atoms with Gasteiger partial charge in [0.15, 0.2) is 0 Å². The van der Waals surface area contributed by atoms with Gasteiger partial charge >= 0.3 is 0 Å². The lowest BCUT2D eigenvalue weighted by Crippen LogP contribution is -2.16. The van der Waals surface area contributed by atoms with Crippen molar-refractivity contribution in [3.63, 3.8) is 0 Å². The van der Waals surface area contributed by atoms with Crippen LogP contribution in [-0.2, 0) is 21.4 Å². The van der Waals surface area contributed by atoms with E-state index < -0.39 is 15.6 Å². The minimum Gasteiger partial charge on any atom is -0.380 e. The number of halogens is 1. The van der Waals surface area contributed by atoms with E-state index in [-0.39, 0.29) is 9.92 Å². The van der Waals surface area contributed by atoms with E-state index in [0.717, 1.165) is 17.8 Å². The SMILES string of the molecule is COCc1cccc(NS(=O)(=O)c2c[nH]c(=O)c(Cl)c2)c1. The van der Waals surface area contributed by atoms with E-state index in [1.54, 1.807) is 25.3 Å². The Balaban J connectivity index is 2.30. The fourth-order valence-corrected chi connectivity index (χ4v) is 2.98. The Morgan fingerprint density at radius 1 is 1.33 bits per heavy atom. The molecule has 6 nitrogen and oxygen atoms in total. The third-order valence-corrected chi connectivity index (χ3v) is 4.27. The van der Waals surface area contributed by atoms with Crippen LogP contribution >= 0.6 is 11.6 Å². The number of pyridine rings is 1. The lowest BCUT2D eigenvalue weighted by molar-refractivity contribution is 0.185. The molecule has 2 aromatic rings. The number of H-pyrrole nitrogens is 1. The van der Waals surface area contributed by atoms with E-state index in [1.165, 1.54) is 0 Å². The number of ether oxygens (including phenoxy) is 1. The van der Waals surface area contributed by atoms with Gasteiger partial charge in [0, 0.05) is 19.0 Å². The van der Waals surface area contributed by atoms with Gasteiger partial charge in [-0.2, -0.15) is 0 Å². The van der Waals surface area contributed by atoms with Crippen LogP contribution in [0.2, 0.25) is 5.02 Å². The smallest absolute Gasteiger partial charge is 0.266 e. The lowest BCUT2D eigenvalue weighted by Gasteiger charge is -2.09. The second-order valence-corrected chi connectivity index (χ2v) is 6.34. The van der Waals surface area contributed by atoms with Crippen molar-refractivity contribution in [2.45, 2.75) is 11.5 Å². The van der Waals surface area contributed by atoms with Crippen LogP contribution < -0.4 is 10.3 Å². The zero-order valence-electron chi connectivity index (χ0n) is 11.1.